The summed E-state index contributed by atoms with van der Waals surface area (Å²) in [6.45, 7) is -0.364. The second-order valence-corrected chi connectivity index (χ2v) is 5.12. The quantitative estimate of drug-likeness (QED) is 0.861. The number of carbonyl (C=O) groups excluding carboxylic acids is 1. The van der Waals surface area contributed by atoms with Gasteiger partial charge in [0.25, 0.3) is 5.91 Å². The highest BCUT2D eigenvalue weighted by Crippen LogP contribution is 2.36. The fourth-order valence-corrected chi connectivity index (χ4v) is 2.08. The minimum atomic E-state index is -4.60. The van der Waals surface area contributed by atoms with Crippen molar-refractivity contribution in [1.29, 1.82) is 0 Å². The summed E-state index contributed by atoms with van der Waals surface area (Å²) in [6.07, 6.45) is -4.60. The molecule has 2 aromatic rings. The molecule has 0 saturated carbocycles. The van der Waals surface area contributed by atoms with Gasteiger partial charge in [0.05, 0.1) is 17.7 Å². The summed E-state index contributed by atoms with van der Waals surface area (Å²) in [4.78, 5) is 11.8. The number of alkyl halides is 3. The number of hydrogen-bond acceptors (Lipinski definition) is 3. The van der Waals surface area contributed by atoms with E-state index in [4.69, 9.17) is 21.1 Å². The maximum atomic E-state index is 12.8. The second kappa shape index (κ2) is 7.44. The van der Waals surface area contributed by atoms with Gasteiger partial charge in [-0.15, -0.1) is 0 Å². The van der Waals surface area contributed by atoms with Gasteiger partial charge >= 0.3 is 6.18 Å². The molecule has 0 radical (unpaired) electrons. The Hall–Kier alpha value is -2.41. The average molecular weight is 360 g/mol. The van der Waals surface area contributed by atoms with Gasteiger partial charge in [0, 0.05) is 11.8 Å². The van der Waals surface area contributed by atoms with Crippen LogP contribution < -0.4 is 14.8 Å². The Bertz CT molecular complexity index is 735. The third-order valence-electron chi connectivity index (χ3n) is 2.97. The van der Waals surface area contributed by atoms with Crippen molar-refractivity contribution < 1.29 is 27.4 Å². The molecule has 2 rings (SSSR count). The van der Waals surface area contributed by atoms with Gasteiger partial charge in [-0.1, -0.05) is 17.7 Å². The van der Waals surface area contributed by atoms with Crippen LogP contribution in [0, 0.1) is 0 Å². The lowest BCUT2D eigenvalue weighted by molar-refractivity contribution is -0.137. The first kappa shape index (κ1) is 17.9. The summed E-state index contributed by atoms with van der Waals surface area (Å²) in [5.74, 6) is 0.352. The van der Waals surface area contributed by atoms with Crippen LogP contribution in [0.3, 0.4) is 0 Å². The monoisotopic (exact) mass is 359 g/mol. The predicted molar refractivity (Wildman–Crippen MR) is 83.6 cm³/mol. The molecule has 4 nitrogen and oxygen atoms in total. The van der Waals surface area contributed by atoms with E-state index in [1.807, 2.05) is 0 Å². The van der Waals surface area contributed by atoms with Crippen molar-refractivity contribution in [3.63, 3.8) is 0 Å². The number of anilines is 1. The molecule has 0 spiro atoms. The van der Waals surface area contributed by atoms with Gasteiger partial charge in [-0.3, -0.25) is 4.79 Å². The number of amides is 1. The lowest BCUT2D eigenvalue weighted by Crippen LogP contribution is -2.20. The Labute approximate surface area is 141 Å². The van der Waals surface area contributed by atoms with Crippen molar-refractivity contribution in [3.05, 3.63) is 53.1 Å². The van der Waals surface area contributed by atoms with Crippen LogP contribution in [-0.2, 0) is 11.0 Å². The van der Waals surface area contributed by atoms with E-state index in [2.05, 4.69) is 5.32 Å². The van der Waals surface area contributed by atoms with Crippen LogP contribution in [0.15, 0.2) is 42.5 Å². The van der Waals surface area contributed by atoms with E-state index in [1.54, 1.807) is 24.3 Å². The third kappa shape index (κ3) is 4.79. The number of benzene rings is 2. The van der Waals surface area contributed by atoms with Crippen LogP contribution in [0.2, 0.25) is 5.02 Å². The number of hydrogen-bond donors (Lipinski definition) is 1. The average Bonchev–Trinajstić information content (AvgIpc) is 2.54. The number of carbonyl (C=O) groups is 1. The summed E-state index contributed by atoms with van der Waals surface area (Å²) in [5, 5.41) is 1.89. The summed E-state index contributed by atoms with van der Waals surface area (Å²) >= 11 is 5.52. The van der Waals surface area contributed by atoms with Crippen LogP contribution in [-0.4, -0.2) is 19.6 Å². The fourth-order valence-electron chi connectivity index (χ4n) is 1.86. The van der Waals surface area contributed by atoms with Gasteiger partial charge < -0.3 is 14.8 Å². The van der Waals surface area contributed by atoms with Gasteiger partial charge in [-0.05, 0) is 30.3 Å². The molecule has 0 fully saturated rings. The molecule has 0 aromatic heterocycles. The Morgan fingerprint density at radius 2 is 1.88 bits per heavy atom. The molecule has 0 saturated heterocycles. The number of halogens is 4. The molecule has 0 bridgehead atoms. The van der Waals surface area contributed by atoms with Crippen LogP contribution in [0.4, 0.5) is 18.9 Å². The first-order valence-corrected chi connectivity index (χ1v) is 7.11. The number of rotatable bonds is 5. The number of nitrogens with one attached hydrogen (secondary N) is 1. The van der Waals surface area contributed by atoms with E-state index in [-0.39, 0.29) is 12.3 Å². The van der Waals surface area contributed by atoms with Gasteiger partial charge in [-0.2, -0.15) is 13.2 Å². The first-order valence-electron chi connectivity index (χ1n) is 6.73. The standard InChI is InChI=1S/C16H13ClF3NO3/c1-23-11-3-2-4-12(8-11)24-9-15(22)21-10-5-6-14(17)13(7-10)16(18,19)20/h2-8H,9H2,1H3,(H,21,22). The molecule has 0 atom stereocenters. The predicted octanol–water partition coefficient (Wildman–Crippen LogP) is 4.38. The van der Waals surface area contributed by atoms with Crippen molar-refractivity contribution in [3.8, 4) is 11.5 Å². The zero-order valence-corrected chi connectivity index (χ0v) is 13.2. The molecule has 8 heteroatoms. The van der Waals surface area contributed by atoms with Crippen molar-refractivity contribution in [2.75, 3.05) is 19.0 Å². The lowest BCUT2D eigenvalue weighted by Gasteiger charge is -2.12. The van der Waals surface area contributed by atoms with E-state index in [1.165, 1.54) is 13.2 Å². The van der Waals surface area contributed by atoms with E-state index in [9.17, 15) is 18.0 Å². The molecule has 0 aliphatic carbocycles. The molecule has 1 N–H and O–H groups in total. The first-order chi connectivity index (χ1) is 11.3. The van der Waals surface area contributed by atoms with Gasteiger partial charge in [0.15, 0.2) is 6.61 Å². The molecule has 2 aromatic carbocycles. The lowest BCUT2D eigenvalue weighted by atomic mass is 10.2. The molecule has 128 valence electrons. The summed E-state index contributed by atoms with van der Waals surface area (Å²) < 4.78 is 48.6. The maximum Gasteiger partial charge on any atom is 0.417 e. The number of methoxy groups -OCH3 is 1. The third-order valence-corrected chi connectivity index (χ3v) is 3.30. The van der Waals surface area contributed by atoms with Crippen molar-refractivity contribution in [1.82, 2.24) is 0 Å². The van der Waals surface area contributed by atoms with Gasteiger partial charge in [-0.25, -0.2) is 0 Å². The maximum absolute atomic E-state index is 12.8. The van der Waals surface area contributed by atoms with E-state index in [0.29, 0.717) is 11.5 Å². The van der Waals surface area contributed by atoms with E-state index < -0.39 is 22.7 Å². The summed E-state index contributed by atoms with van der Waals surface area (Å²) in [6, 6.07) is 9.72. The SMILES string of the molecule is COc1cccc(OCC(=O)Nc2ccc(Cl)c(C(F)(F)F)c2)c1. The zero-order chi connectivity index (χ0) is 17.7. The highest BCUT2D eigenvalue weighted by Gasteiger charge is 2.33. The molecule has 24 heavy (non-hydrogen) atoms. The summed E-state index contributed by atoms with van der Waals surface area (Å²) in [7, 11) is 1.49. The molecule has 0 heterocycles. The van der Waals surface area contributed by atoms with Gasteiger partial charge in [0.1, 0.15) is 11.5 Å². The number of ether oxygens (including phenoxy) is 2. The van der Waals surface area contributed by atoms with Crippen LogP contribution in [0.25, 0.3) is 0 Å². The van der Waals surface area contributed by atoms with Gasteiger partial charge in [0.2, 0.25) is 0 Å². The minimum absolute atomic E-state index is 0.0223. The fraction of sp³-hybridized carbons (Fsp3) is 0.188. The highest BCUT2D eigenvalue weighted by atomic mass is 35.5. The smallest absolute Gasteiger partial charge is 0.417 e. The van der Waals surface area contributed by atoms with Crippen molar-refractivity contribution >= 4 is 23.2 Å². The normalized spacial score (nSPS) is 11.0. The molecule has 1 amide bonds. The molecule has 0 aliphatic rings. The Morgan fingerprint density at radius 1 is 1.17 bits per heavy atom. The zero-order valence-electron chi connectivity index (χ0n) is 12.5. The highest BCUT2D eigenvalue weighted by molar-refractivity contribution is 6.31. The van der Waals surface area contributed by atoms with E-state index in [0.717, 1.165) is 12.1 Å². The Morgan fingerprint density at radius 3 is 2.54 bits per heavy atom. The van der Waals surface area contributed by atoms with E-state index >= 15 is 0 Å². The summed E-state index contributed by atoms with van der Waals surface area (Å²) in [5.41, 5.74) is -1.04. The van der Waals surface area contributed by atoms with Crippen LogP contribution in [0.1, 0.15) is 5.56 Å². The largest absolute Gasteiger partial charge is 0.497 e. The second-order valence-electron chi connectivity index (χ2n) is 4.71. The Kier molecular flexibility index (Phi) is 5.56. The van der Waals surface area contributed by atoms with Crippen LogP contribution >= 0.6 is 11.6 Å². The van der Waals surface area contributed by atoms with Crippen molar-refractivity contribution in [2.45, 2.75) is 6.18 Å². The topological polar surface area (TPSA) is 47.6 Å². The van der Waals surface area contributed by atoms with Crippen LogP contribution in [0.5, 0.6) is 11.5 Å². The molecular weight excluding hydrogens is 347 g/mol. The molecule has 0 unspecified atom stereocenters. The Balaban J connectivity index is 1.99. The molecular formula is C16H13ClF3NO3. The minimum Gasteiger partial charge on any atom is -0.497 e. The van der Waals surface area contributed by atoms with Crippen molar-refractivity contribution in [2.24, 2.45) is 0 Å². The molecule has 0 aliphatic heterocycles.